The van der Waals surface area contributed by atoms with E-state index in [0.29, 0.717) is 18.8 Å². The van der Waals surface area contributed by atoms with Crippen molar-refractivity contribution < 1.29 is 14.3 Å². The van der Waals surface area contributed by atoms with Crippen LogP contribution in [0.2, 0.25) is 0 Å². The Bertz CT molecular complexity index is 581. The molecular weight excluding hydrogens is 300 g/mol. The number of hydrogen-bond acceptors (Lipinski definition) is 7. The summed E-state index contributed by atoms with van der Waals surface area (Å²) in [5.41, 5.74) is 0.321. The van der Waals surface area contributed by atoms with E-state index < -0.39 is 5.97 Å². The molecule has 2 heterocycles. The third-order valence-corrected chi connectivity index (χ3v) is 3.67. The summed E-state index contributed by atoms with van der Waals surface area (Å²) in [6.45, 7) is 8.39. The van der Waals surface area contributed by atoms with Crippen molar-refractivity contribution in [3.63, 3.8) is 0 Å². The zero-order valence-electron chi connectivity index (χ0n) is 13.7. The standard InChI is InChI=1S/C15H24N4O4/c1-3-23-13(20)11-19-12(2)10-17-14(15(19)21)16-4-5-18-6-8-22-9-7-18/h10H,3-9,11H2,1-2H3,(H,16,17). The average Bonchev–Trinajstić information content (AvgIpc) is 2.55. The van der Waals surface area contributed by atoms with Crippen molar-refractivity contribution >= 4 is 11.8 Å². The molecule has 8 nitrogen and oxygen atoms in total. The summed E-state index contributed by atoms with van der Waals surface area (Å²) in [6.07, 6.45) is 1.58. The van der Waals surface area contributed by atoms with Crippen LogP contribution in [-0.2, 0) is 20.8 Å². The molecule has 1 aliphatic rings. The predicted octanol–water partition coefficient (Wildman–Crippen LogP) is -0.141. The van der Waals surface area contributed by atoms with Crippen LogP contribution in [0.25, 0.3) is 0 Å². The van der Waals surface area contributed by atoms with Gasteiger partial charge in [-0.1, -0.05) is 0 Å². The van der Waals surface area contributed by atoms with Crippen molar-refractivity contribution in [2.45, 2.75) is 20.4 Å². The molecule has 1 fully saturated rings. The lowest BCUT2D eigenvalue weighted by Gasteiger charge is -2.26. The molecule has 0 unspecified atom stereocenters. The number of aromatic nitrogens is 2. The molecule has 23 heavy (non-hydrogen) atoms. The van der Waals surface area contributed by atoms with Gasteiger partial charge in [0, 0.05) is 38.1 Å². The highest BCUT2D eigenvalue weighted by atomic mass is 16.5. The molecule has 0 radical (unpaired) electrons. The smallest absolute Gasteiger partial charge is 0.326 e. The first kappa shape index (κ1) is 17.4. The summed E-state index contributed by atoms with van der Waals surface area (Å²) in [7, 11) is 0. The monoisotopic (exact) mass is 324 g/mol. The van der Waals surface area contributed by atoms with Gasteiger partial charge in [-0.25, -0.2) is 4.98 Å². The first-order chi connectivity index (χ1) is 11.1. The molecule has 0 bridgehead atoms. The van der Waals surface area contributed by atoms with Gasteiger partial charge >= 0.3 is 5.97 Å². The van der Waals surface area contributed by atoms with Crippen LogP contribution in [0.1, 0.15) is 12.6 Å². The Balaban J connectivity index is 1.96. The van der Waals surface area contributed by atoms with Crippen LogP contribution in [0.3, 0.4) is 0 Å². The number of rotatable bonds is 7. The first-order valence-electron chi connectivity index (χ1n) is 7.88. The quantitative estimate of drug-likeness (QED) is 0.699. The van der Waals surface area contributed by atoms with E-state index in [0.717, 1.165) is 32.8 Å². The molecule has 8 heteroatoms. The molecule has 0 aromatic carbocycles. The fraction of sp³-hybridized carbons (Fsp3) is 0.667. The largest absolute Gasteiger partial charge is 0.465 e. The van der Waals surface area contributed by atoms with Gasteiger partial charge in [0.1, 0.15) is 6.54 Å². The Morgan fingerprint density at radius 1 is 1.43 bits per heavy atom. The van der Waals surface area contributed by atoms with Crippen LogP contribution < -0.4 is 10.9 Å². The molecule has 1 aromatic heterocycles. The second kappa shape index (κ2) is 8.64. The molecule has 0 aliphatic carbocycles. The number of aryl methyl sites for hydroxylation is 1. The van der Waals surface area contributed by atoms with E-state index in [-0.39, 0.29) is 17.9 Å². The van der Waals surface area contributed by atoms with Crippen LogP contribution in [0.5, 0.6) is 0 Å². The van der Waals surface area contributed by atoms with E-state index in [4.69, 9.17) is 9.47 Å². The number of esters is 1. The topological polar surface area (TPSA) is 85.7 Å². The minimum Gasteiger partial charge on any atom is -0.465 e. The summed E-state index contributed by atoms with van der Waals surface area (Å²) in [5, 5.41) is 3.05. The maximum atomic E-state index is 12.4. The lowest BCUT2D eigenvalue weighted by atomic mass is 10.4. The fourth-order valence-corrected chi connectivity index (χ4v) is 2.38. The van der Waals surface area contributed by atoms with Gasteiger partial charge in [0.15, 0.2) is 5.82 Å². The van der Waals surface area contributed by atoms with Crippen LogP contribution in [0, 0.1) is 6.92 Å². The van der Waals surface area contributed by atoms with E-state index in [1.54, 1.807) is 20.0 Å². The number of carbonyl (C=O) groups excluding carboxylic acids is 1. The molecule has 1 N–H and O–H groups in total. The van der Waals surface area contributed by atoms with Gasteiger partial charge in [-0.2, -0.15) is 0 Å². The van der Waals surface area contributed by atoms with Gasteiger partial charge in [0.25, 0.3) is 5.56 Å². The Labute approximate surface area is 135 Å². The molecule has 0 amide bonds. The average molecular weight is 324 g/mol. The molecule has 0 atom stereocenters. The molecule has 1 aliphatic heterocycles. The van der Waals surface area contributed by atoms with Crippen LogP contribution >= 0.6 is 0 Å². The van der Waals surface area contributed by atoms with Crippen LogP contribution in [-0.4, -0.2) is 66.4 Å². The number of carbonyl (C=O) groups is 1. The van der Waals surface area contributed by atoms with Crippen LogP contribution in [0.15, 0.2) is 11.0 Å². The Morgan fingerprint density at radius 3 is 2.87 bits per heavy atom. The number of ether oxygens (including phenoxy) is 2. The summed E-state index contributed by atoms with van der Waals surface area (Å²) in [5.74, 6) is -0.170. The lowest BCUT2D eigenvalue weighted by Crippen LogP contribution is -2.39. The van der Waals surface area contributed by atoms with Crippen molar-refractivity contribution in [1.82, 2.24) is 14.5 Å². The molecule has 1 saturated heterocycles. The van der Waals surface area contributed by atoms with E-state index >= 15 is 0 Å². The minimum atomic E-state index is -0.428. The molecule has 0 spiro atoms. The first-order valence-corrected chi connectivity index (χ1v) is 7.88. The highest BCUT2D eigenvalue weighted by Gasteiger charge is 2.13. The molecule has 2 rings (SSSR count). The highest BCUT2D eigenvalue weighted by Crippen LogP contribution is 2.01. The van der Waals surface area contributed by atoms with Gasteiger partial charge in [-0.3, -0.25) is 19.1 Å². The van der Waals surface area contributed by atoms with Gasteiger partial charge < -0.3 is 14.8 Å². The number of morpholine rings is 1. The van der Waals surface area contributed by atoms with Crippen molar-refractivity contribution in [2.75, 3.05) is 51.3 Å². The number of hydrogen-bond donors (Lipinski definition) is 1. The van der Waals surface area contributed by atoms with Gasteiger partial charge in [0.05, 0.1) is 19.8 Å². The lowest BCUT2D eigenvalue weighted by molar-refractivity contribution is -0.143. The minimum absolute atomic E-state index is 0.0980. The Morgan fingerprint density at radius 2 is 2.17 bits per heavy atom. The maximum absolute atomic E-state index is 12.4. The number of nitrogens with one attached hydrogen (secondary N) is 1. The number of nitrogens with zero attached hydrogens (tertiary/aromatic N) is 3. The third kappa shape index (κ3) is 5.04. The van der Waals surface area contributed by atoms with E-state index in [1.165, 1.54) is 4.57 Å². The third-order valence-electron chi connectivity index (χ3n) is 3.67. The summed E-state index contributed by atoms with van der Waals surface area (Å²) in [4.78, 5) is 30.4. The number of anilines is 1. The van der Waals surface area contributed by atoms with Gasteiger partial charge in [0.2, 0.25) is 0 Å². The molecule has 1 aromatic rings. The zero-order valence-corrected chi connectivity index (χ0v) is 13.7. The molecule has 0 saturated carbocycles. The SMILES string of the molecule is CCOC(=O)Cn1c(C)cnc(NCCN2CCOCC2)c1=O. The Hall–Kier alpha value is -1.93. The summed E-state index contributed by atoms with van der Waals surface area (Å²) < 4.78 is 11.6. The zero-order chi connectivity index (χ0) is 16.7. The molecular formula is C15H24N4O4. The van der Waals surface area contributed by atoms with E-state index in [2.05, 4.69) is 15.2 Å². The van der Waals surface area contributed by atoms with E-state index in [1.807, 2.05) is 0 Å². The van der Waals surface area contributed by atoms with Crippen molar-refractivity contribution in [3.05, 3.63) is 22.2 Å². The van der Waals surface area contributed by atoms with Crippen LogP contribution in [0.4, 0.5) is 5.82 Å². The summed E-state index contributed by atoms with van der Waals surface area (Å²) in [6, 6.07) is 0. The van der Waals surface area contributed by atoms with Crippen molar-refractivity contribution in [1.29, 1.82) is 0 Å². The fourth-order valence-electron chi connectivity index (χ4n) is 2.38. The highest BCUT2D eigenvalue weighted by molar-refractivity contribution is 5.69. The normalized spacial score (nSPS) is 15.4. The van der Waals surface area contributed by atoms with Gasteiger partial charge in [-0.05, 0) is 13.8 Å². The van der Waals surface area contributed by atoms with Crippen molar-refractivity contribution in [3.8, 4) is 0 Å². The summed E-state index contributed by atoms with van der Waals surface area (Å²) >= 11 is 0. The second-order valence-electron chi connectivity index (χ2n) is 5.33. The van der Waals surface area contributed by atoms with E-state index in [9.17, 15) is 9.59 Å². The predicted molar refractivity (Wildman–Crippen MR) is 85.6 cm³/mol. The molecule has 128 valence electrons. The second-order valence-corrected chi connectivity index (χ2v) is 5.33. The maximum Gasteiger partial charge on any atom is 0.326 e. The Kier molecular flexibility index (Phi) is 6.54. The van der Waals surface area contributed by atoms with Gasteiger partial charge in [-0.15, -0.1) is 0 Å². The van der Waals surface area contributed by atoms with Crippen molar-refractivity contribution in [2.24, 2.45) is 0 Å².